The first-order chi connectivity index (χ1) is 9.34. The highest BCUT2D eigenvalue weighted by Gasteiger charge is 2.29. The van der Waals surface area contributed by atoms with Crippen LogP contribution in [0.1, 0.15) is 17.2 Å². The SMILES string of the molecule is NC(c1cccc(F)c1)c1c(F)c(F)c(F)c(F)c1F. The molecule has 1 nitrogen and oxygen atoms in total. The van der Waals surface area contributed by atoms with E-state index in [1.54, 1.807) is 0 Å². The van der Waals surface area contributed by atoms with Crippen molar-refractivity contribution in [2.75, 3.05) is 0 Å². The van der Waals surface area contributed by atoms with Crippen LogP contribution in [0.25, 0.3) is 0 Å². The van der Waals surface area contributed by atoms with Gasteiger partial charge in [0.15, 0.2) is 23.3 Å². The van der Waals surface area contributed by atoms with E-state index in [-0.39, 0.29) is 5.56 Å². The smallest absolute Gasteiger partial charge is 0.200 e. The van der Waals surface area contributed by atoms with E-state index >= 15 is 0 Å². The molecule has 2 rings (SSSR count). The molecule has 0 aliphatic heterocycles. The number of rotatable bonds is 2. The van der Waals surface area contributed by atoms with Gasteiger partial charge in [-0.15, -0.1) is 0 Å². The lowest BCUT2D eigenvalue weighted by molar-refractivity contribution is 0.367. The second-order valence-corrected chi connectivity index (χ2v) is 4.02. The van der Waals surface area contributed by atoms with Crippen LogP contribution in [0.15, 0.2) is 24.3 Å². The lowest BCUT2D eigenvalue weighted by Crippen LogP contribution is -2.19. The Balaban J connectivity index is 2.64. The summed E-state index contributed by atoms with van der Waals surface area (Å²) in [5.41, 5.74) is 4.15. The minimum absolute atomic E-state index is 0.117. The molecule has 1 unspecified atom stereocenters. The van der Waals surface area contributed by atoms with E-state index in [2.05, 4.69) is 0 Å². The van der Waals surface area contributed by atoms with E-state index in [1.807, 2.05) is 0 Å². The van der Waals surface area contributed by atoms with Crippen LogP contribution < -0.4 is 5.73 Å². The summed E-state index contributed by atoms with van der Waals surface area (Å²) < 4.78 is 79.1. The molecule has 0 bridgehead atoms. The Morgan fingerprint density at radius 1 is 0.750 bits per heavy atom. The van der Waals surface area contributed by atoms with Gasteiger partial charge in [-0.25, -0.2) is 26.3 Å². The van der Waals surface area contributed by atoms with Crippen molar-refractivity contribution in [1.82, 2.24) is 0 Å². The van der Waals surface area contributed by atoms with E-state index in [9.17, 15) is 26.3 Å². The molecule has 0 heterocycles. The zero-order valence-electron chi connectivity index (χ0n) is 9.73. The van der Waals surface area contributed by atoms with Crippen LogP contribution in [-0.2, 0) is 0 Å². The Labute approximate surface area is 109 Å². The Morgan fingerprint density at radius 2 is 1.25 bits per heavy atom. The molecule has 7 heteroatoms. The summed E-state index contributed by atoms with van der Waals surface area (Å²) in [5, 5.41) is 0. The third-order valence-corrected chi connectivity index (χ3v) is 2.76. The first-order valence-corrected chi connectivity index (χ1v) is 5.37. The predicted octanol–water partition coefficient (Wildman–Crippen LogP) is 3.57. The summed E-state index contributed by atoms with van der Waals surface area (Å²) in [6.07, 6.45) is 0. The van der Waals surface area contributed by atoms with Crippen molar-refractivity contribution in [3.05, 3.63) is 70.3 Å². The molecule has 0 saturated carbocycles. The molecule has 0 radical (unpaired) electrons. The van der Waals surface area contributed by atoms with Gasteiger partial charge >= 0.3 is 0 Å². The standard InChI is InChI=1S/C13H7F6N/c14-6-3-1-2-5(4-6)13(20)7-8(15)10(17)12(19)11(18)9(7)16/h1-4,13H,20H2. The van der Waals surface area contributed by atoms with Crippen molar-refractivity contribution < 1.29 is 26.3 Å². The lowest BCUT2D eigenvalue weighted by atomic mass is 9.98. The zero-order chi connectivity index (χ0) is 15.0. The van der Waals surface area contributed by atoms with Crippen LogP contribution in [0.3, 0.4) is 0 Å². The fourth-order valence-electron chi connectivity index (χ4n) is 1.76. The van der Waals surface area contributed by atoms with E-state index in [0.717, 1.165) is 12.1 Å². The van der Waals surface area contributed by atoms with Crippen molar-refractivity contribution in [3.63, 3.8) is 0 Å². The summed E-state index contributed by atoms with van der Waals surface area (Å²) in [4.78, 5) is 0. The third kappa shape index (κ3) is 2.24. The van der Waals surface area contributed by atoms with Gasteiger partial charge in [0.1, 0.15) is 5.82 Å². The van der Waals surface area contributed by atoms with Gasteiger partial charge in [-0.3, -0.25) is 0 Å². The minimum atomic E-state index is -2.27. The number of halogens is 6. The molecule has 106 valence electrons. The second-order valence-electron chi connectivity index (χ2n) is 4.02. The molecular formula is C13H7F6N. The quantitative estimate of drug-likeness (QED) is 0.511. The molecule has 0 aromatic heterocycles. The molecule has 2 N–H and O–H groups in total. The van der Waals surface area contributed by atoms with Gasteiger partial charge in [0, 0.05) is 0 Å². The highest BCUT2D eigenvalue weighted by atomic mass is 19.2. The Bertz CT molecular complexity index is 641. The number of hydrogen-bond donors (Lipinski definition) is 1. The molecule has 1 atom stereocenters. The maximum atomic E-state index is 13.5. The molecule has 2 aromatic carbocycles. The van der Waals surface area contributed by atoms with Gasteiger partial charge in [-0.05, 0) is 17.7 Å². The average Bonchev–Trinajstić information content (AvgIpc) is 2.43. The van der Waals surface area contributed by atoms with Gasteiger partial charge in [0.2, 0.25) is 5.82 Å². The maximum absolute atomic E-state index is 13.5. The van der Waals surface area contributed by atoms with Gasteiger partial charge in [0.05, 0.1) is 11.6 Å². The topological polar surface area (TPSA) is 26.0 Å². The molecular weight excluding hydrogens is 284 g/mol. The summed E-state index contributed by atoms with van der Waals surface area (Å²) in [6.45, 7) is 0. The Morgan fingerprint density at radius 3 is 1.75 bits per heavy atom. The highest BCUT2D eigenvalue weighted by molar-refractivity contribution is 5.35. The maximum Gasteiger partial charge on any atom is 0.200 e. The summed E-state index contributed by atoms with van der Waals surface area (Å²) in [6, 6.07) is 2.63. The van der Waals surface area contributed by atoms with Gasteiger partial charge < -0.3 is 5.73 Å². The molecule has 0 fully saturated rings. The fourth-order valence-corrected chi connectivity index (χ4v) is 1.76. The molecule has 0 aliphatic rings. The van der Waals surface area contributed by atoms with Crippen molar-refractivity contribution in [2.45, 2.75) is 6.04 Å². The predicted molar refractivity (Wildman–Crippen MR) is 58.7 cm³/mol. The van der Waals surface area contributed by atoms with E-state index in [0.29, 0.717) is 0 Å². The highest BCUT2D eigenvalue weighted by Crippen LogP contribution is 2.30. The molecule has 0 saturated heterocycles. The van der Waals surface area contributed by atoms with Crippen molar-refractivity contribution in [3.8, 4) is 0 Å². The second kappa shape index (κ2) is 5.16. The molecule has 0 aliphatic carbocycles. The average molecular weight is 291 g/mol. The number of hydrogen-bond acceptors (Lipinski definition) is 1. The monoisotopic (exact) mass is 291 g/mol. The molecule has 20 heavy (non-hydrogen) atoms. The van der Waals surface area contributed by atoms with Gasteiger partial charge in [-0.2, -0.15) is 0 Å². The largest absolute Gasteiger partial charge is 0.320 e. The van der Waals surface area contributed by atoms with Crippen LogP contribution >= 0.6 is 0 Å². The van der Waals surface area contributed by atoms with Crippen molar-refractivity contribution in [2.24, 2.45) is 5.73 Å². The van der Waals surface area contributed by atoms with Crippen LogP contribution in [0, 0.1) is 34.9 Å². The van der Waals surface area contributed by atoms with Gasteiger partial charge in [-0.1, -0.05) is 12.1 Å². The number of nitrogens with two attached hydrogens (primary N) is 1. The van der Waals surface area contributed by atoms with E-state index < -0.39 is 46.5 Å². The Kier molecular flexibility index (Phi) is 3.71. The summed E-state index contributed by atoms with van der Waals surface area (Å²) in [7, 11) is 0. The van der Waals surface area contributed by atoms with Crippen LogP contribution in [0.5, 0.6) is 0 Å². The Hall–Kier alpha value is -2.02. The third-order valence-electron chi connectivity index (χ3n) is 2.76. The lowest BCUT2D eigenvalue weighted by Gasteiger charge is -2.15. The first kappa shape index (κ1) is 14.4. The van der Waals surface area contributed by atoms with E-state index in [1.165, 1.54) is 12.1 Å². The normalized spacial score (nSPS) is 12.6. The van der Waals surface area contributed by atoms with Crippen LogP contribution in [0.4, 0.5) is 26.3 Å². The van der Waals surface area contributed by atoms with Crippen LogP contribution in [0.2, 0.25) is 0 Å². The summed E-state index contributed by atoms with van der Waals surface area (Å²) >= 11 is 0. The van der Waals surface area contributed by atoms with Crippen molar-refractivity contribution >= 4 is 0 Å². The molecule has 2 aromatic rings. The fraction of sp³-hybridized carbons (Fsp3) is 0.0769. The van der Waals surface area contributed by atoms with E-state index in [4.69, 9.17) is 5.73 Å². The first-order valence-electron chi connectivity index (χ1n) is 5.37. The van der Waals surface area contributed by atoms with Crippen LogP contribution in [-0.4, -0.2) is 0 Å². The molecule has 0 amide bonds. The van der Waals surface area contributed by atoms with Gasteiger partial charge in [0.25, 0.3) is 0 Å². The van der Waals surface area contributed by atoms with Crippen molar-refractivity contribution in [1.29, 1.82) is 0 Å². The molecule has 0 spiro atoms. The number of benzene rings is 2. The minimum Gasteiger partial charge on any atom is -0.320 e. The zero-order valence-corrected chi connectivity index (χ0v) is 9.73. The summed E-state index contributed by atoms with van der Waals surface area (Å²) in [5.74, 6) is -11.3.